The molecule has 2 aromatic heterocycles. The zero-order valence-corrected chi connectivity index (χ0v) is 35.0. The molecule has 1 aliphatic carbocycles. The first kappa shape index (κ1) is 42.4. The van der Waals surface area contributed by atoms with Crippen molar-refractivity contribution in [1.29, 1.82) is 5.41 Å². The fourth-order valence-corrected chi connectivity index (χ4v) is 10.6. The Morgan fingerprint density at radius 1 is 0.754 bits per heavy atom. The summed E-state index contributed by atoms with van der Waals surface area (Å²) in [5, 5.41) is 9.90. The highest BCUT2D eigenvalue weighted by Gasteiger charge is 2.58. The highest BCUT2D eigenvalue weighted by molar-refractivity contribution is 7.61. The van der Waals surface area contributed by atoms with Crippen LogP contribution in [0, 0.1) is 31.1 Å². The van der Waals surface area contributed by atoms with Crippen LogP contribution in [0.2, 0.25) is 0 Å². The molecule has 2 fully saturated rings. The van der Waals surface area contributed by atoms with E-state index >= 15 is 0 Å². The summed E-state index contributed by atoms with van der Waals surface area (Å²) in [6.45, 7) is 3.16. The lowest BCUT2D eigenvalue weighted by Gasteiger charge is -2.45. The van der Waals surface area contributed by atoms with Crippen molar-refractivity contribution < 1.29 is 32.9 Å². The van der Waals surface area contributed by atoms with Gasteiger partial charge < -0.3 is 29.3 Å². The van der Waals surface area contributed by atoms with Gasteiger partial charge in [-0.15, -0.1) is 0 Å². The van der Waals surface area contributed by atoms with E-state index in [2.05, 4.69) is 9.97 Å². The summed E-state index contributed by atoms with van der Waals surface area (Å²) in [4.78, 5) is 68.1. The van der Waals surface area contributed by atoms with E-state index in [1.807, 2.05) is 60.7 Å². The fraction of sp³-hybridized carbons (Fsp3) is 0.386. The van der Waals surface area contributed by atoms with Crippen molar-refractivity contribution in [1.82, 2.24) is 19.1 Å². The van der Waals surface area contributed by atoms with Gasteiger partial charge in [0.25, 0.3) is 17.1 Å². The molecule has 7 atom stereocenters. The maximum Gasteiger partial charge on any atom is 0.359 e. The number of aromatic amines is 2. The molecule has 61 heavy (non-hydrogen) atoms. The summed E-state index contributed by atoms with van der Waals surface area (Å²) in [6, 6.07) is 24.3. The second-order valence-electron chi connectivity index (χ2n) is 15.9. The van der Waals surface area contributed by atoms with Gasteiger partial charge >= 0.3 is 19.0 Å². The van der Waals surface area contributed by atoms with E-state index in [4.69, 9.17) is 23.5 Å². The minimum absolute atomic E-state index is 0.0294. The van der Waals surface area contributed by atoms with Crippen molar-refractivity contribution in [2.24, 2.45) is 11.8 Å². The quantitative estimate of drug-likeness (QED) is 0.132. The van der Waals surface area contributed by atoms with Crippen molar-refractivity contribution in [2.75, 3.05) is 14.2 Å². The molecule has 8 rings (SSSR count). The van der Waals surface area contributed by atoms with E-state index < -0.39 is 78.0 Å². The number of ether oxygens (including phenoxy) is 4. The van der Waals surface area contributed by atoms with Gasteiger partial charge in [0, 0.05) is 55.4 Å². The molecule has 4 heterocycles. The summed E-state index contributed by atoms with van der Waals surface area (Å²) in [5.41, 5.74) is -1.65. The van der Waals surface area contributed by atoms with Crippen LogP contribution in [-0.4, -0.2) is 62.1 Å². The first-order valence-electron chi connectivity index (χ1n) is 20.1. The lowest BCUT2D eigenvalue weighted by atomic mass is 9.79. The molecule has 17 heteroatoms. The Labute approximate surface area is 350 Å². The molecule has 0 amide bonds. The maximum atomic E-state index is 14.8. The Balaban J connectivity index is 1.33. The van der Waals surface area contributed by atoms with Crippen LogP contribution in [0.1, 0.15) is 72.2 Å². The maximum absolute atomic E-state index is 14.8. The average Bonchev–Trinajstić information content (AvgIpc) is 3.88. The van der Waals surface area contributed by atoms with Crippen LogP contribution in [0.15, 0.2) is 117 Å². The molecule has 3 aromatic carbocycles. The van der Waals surface area contributed by atoms with Crippen LogP contribution >= 0.6 is 7.60 Å². The standard InChI is InChI=1S/C44H48N5O11P/c1-26-24-48(41(52)46-39(26)50)34-23-33-38(45)32(34)18-19-36(35-20-21-37(58-35)49-25-27(2)40(51)47-42(49)53)59-61(54,55)31-17-11-16-30(22-31)43(28-12-7-5-8-13-28,29-14-9-6-10-15-29)60-44(33,56-3)57-4/h5-17,22,24-25,32-37,45H,18-21,23H2,1-4H3,(H,54,55)(H,46,50,52)(H,47,51,53)/t32?,33-,34+,35-,36?,37+/m0/s1. The highest BCUT2D eigenvalue weighted by atomic mass is 31.2. The van der Waals surface area contributed by atoms with Gasteiger partial charge in [0.1, 0.15) is 11.8 Å². The zero-order chi connectivity index (χ0) is 43.3. The molecule has 4 N–H and O–H groups in total. The summed E-state index contributed by atoms with van der Waals surface area (Å²) in [6.07, 6.45) is 1.17. The van der Waals surface area contributed by atoms with Gasteiger partial charge in [0.2, 0.25) is 0 Å². The summed E-state index contributed by atoms with van der Waals surface area (Å²) in [7, 11) is -1.88. The Morgan fingerprint density at radius 2 is 1.31 bits per heavy atom. The minimum atomic E-state index is -4.72. The monoisotopic (exact) mass is 853 g/mol. The minimum Gasteiger partial charge on any atom is -0.352 e. The van der Waals surface area contributed by atoms with Crippen LogP contribution in [0.5, 0.6) is 0 Å². The molecule has 320 valence electrons. The van der Waals surface area contributed by atoms with Crippen LogP contribution in [0.4, 0.5) is 0 Å². The SMILES string of the molecule is COC1(OC)OC(c2ccccc2)(c2ccccc2)c2cccc(c2)P(=O)(O)OC([C@@H]2CC[C@H](n3cc(C)c(=O)[nH]c3=O)O2)CCC2C(=N)[C@@H]1C[C@H]2n1cc(C)c(=O)[nH]c1=O. The van der Waals surface area contributed by atoms with E-state index in [0.29, 0.717) is 35.1 Å². The Bertz CT molecular complexity index is 2690. The highest BCUT2D eigenvalue weighted by Crippen LogP contribution is 2.53. The van der Waals surface area contributed by atoms with Crippen molar-refractivity contribution in [3.8, 4) is 0 Å². The number of benzene rings is 3. The lowest BCUT2D eigenvalue weighted by Crippen LogP contribution is -2.53. The molecule has 3 unspecified atom stereocenters. The molecule has 1 saturated carbocycles. The van der Waals surface area contributed by atoms with Crippen LogP contribution in [-0.2, 0) is 33.6 Å². The first-order chi connectivity index (χ1) is 29.2. The summed E-state index contributed by atoms with van der Waals surface area (Å²) in [5.74, 6) is -3.68. The number of nitrogens with one attached hydrogen (secondary N) is 3. The Morgan fingerprint density at radius 3 is 1.92 bits per heavy atom. The van der Waals surface area contributed by atoms with Gasteiger partial charge in [-0.25, -0.2) is 9.59 Å². The third kappa shape index (κ3) is 7.56. The summed E-state index contributed by atoms with van der Waals surface area (Å²) >= 11 is 0. The molecule has 3 aliphatic rings. The molecule has 4 bridgehead atoms. The first-order valence-corrected chi connectivity index (χ1v) is 21.7. The van der Waals surface area contributed by atoms with Crippen molar-refractivity contribution in [3.05, 3.63) is 167 Å². The molecular weight excluding hydrogens is 805 g/mol. The van der Waals surface area contributed by atoms with E-state index in [-0.39, 0.29) is 35.8 Å². The van der Waals surface area contributed by atoms with Crippen LogP contribution in [0.3, 0.4) is 0 Å². The molecule has 2 aliphatic heterocycles. The second-order valence-corrected chi connectivity index (χ2v) is 17.7. The van der Waals surface area contributed by atoms with E-state index in [1.54, 1.807) is 32.0 Å². The number of hydrogen-bond donors (Lipinski definition) is 4. The predicted octanol–water partition coefficient (Wildman–Crippen LogP) is 4.52. The average molecular weight is 854 g/mol. The van der Waals surface area contributed by atoms with Gasteiger partial charge in [-0.2, -0.15) is 0 Å². The third-order valence-electron chi connectivity index (χ3n) is 12.4. The van der Waals surface area contributed by atoms with Gasteiger partial charge in [-0.3, -0.25) is 37.8 Å². The third-order valence-corrected chi connectivity index (χ3v) is 13.9. The number of aryl methyl sites for hydroxylation is 2. The molecule has 0 radical (unpaired) electrons. The predicted molar refractivity (Wildman–Crippen MR) is 224 cm³/mol. The smallest absolute Gasteiger partial charge is 0.352 e. The van der Waals surface area contributed by atoms with Gasteiger partial charge in [-0.05, 0) is 74.8 Å². The number of H-pyrrole nitrogens is 2. The second kappa shape index (κ2) is 16.5. The normalized spacial score (nSPS) is 27.4. The lowest BCUT2D eigenvalue weighted by molar-refractivity contribution is -0.402. The van der Waals surface area contributed by atoms with Crippen molar-refractivity contribution >= 4 is 18.6 Å². The number of aromatic nitrogens is 4. The number of fused-ring (bicyclic) bond motifs is 4. The van der Waals surface area contributed by atoms with E-state index in [1.165, 1.54) is 41.8 Å². The van der Waals surface area contributed by atoms with Gasteiger partial charge in [0.15, 0.2) is 0 Å². The molecule has 0 spiro atoms. The van der Waals surface area contributed by atoms with Crippen LogP contribution in [0.25, 0.3) is 0 Å². The molecule has 16 nitrogen and oxygen atoms in total. The summed E-state index contributed by atoms with van der Waals surface area (Å²) < 4.78 is 50.3. The van der Waals surface area contributed by atoms with Gasteiger partial charge in [-0.1, -0.05) is 72.8 Å². The van der Waals surface area contributed by atoms with Gasteiger partial charge in [0.05, 0.1) is 23.4 Å². The zero-order valence-electron chi connectivity index (χ0n) is 34.1. The van der Waals surface area contributed by atoms with Crippen LogP contribution < -0.4 is 27.8 Å². The van der Waals surface area contributed by atoms with Crippen molar-refractivity contribution in [2.45, 2.75) is 82.0 Å². The number of rotatable bonds is 7. The molecule has 5 aromatic rings. The van der Waals surface area contributed by atoms with E-state index in [9.17, 15) is 34.0 Å². The molecular formula is C44H48N5O11P. The number of hydrogen-bond acceptors (Lipinski definition) is 11. The topological polar surface area (TPSA) is 217 Å². The fourth-order valence-electron chi connectivity index (χ4n) is 9.30. The number of nitrogens with zero attached hydrogens (tertiary/aromatic N) is 2. The van der Waals surface area contributed by atoms with E-state index in [0.717, 1.165) is 0 Å². The number of methoxy groups -OCH3 is 2. The van der Waals surface area contributed by atoms with Crippen molar-refractivity contribution in [3.63, 3.8) is 0 Å². The Kier molecular flexibility index (Phi) is 11.5. The largest absolute Gasteiger partial charge is 0.359 e. The molecule has 1 saturated heterocycles. The Hall–Kier alpha value is -5.32.